The highest BCUT2D eigenvalue weighted by Gasteiger charge is 2.71. The number of carbonyl (C=O) groups is 1. The van der Waals surface area contributed by atoms with Crippen LogP contribution in [0.3, 0.4) is 0 Å². The summed E-state index contributed by atoms with van der Waals surface area (Å²) in [5.41, 5.74) is 1.40. The van der Waals surface area contributed by atoms with Gasteiger partial charge in [0.2, 0.25) is 11.4 Å². The first-order valence-electron chi connectivity index (χ1n) is 8.91. The Balaban J connectivity index is 1.60. The van der Waals surface area contributed by atoms with Gasteiger partial charge in [-0.25, -0.2) is 0 Å². The van der Waals surface area contributed by atoms with Crippen LogP contribution in [0, 0.1) is 0 Å². The van der Waals surface area contributed by atoms with Crippen molar-refractivity contribution in [2.24, 2.45) is 0 Å². The number of rotatable bonds is 3. The van der Waals surface area contributed by atoms with Crippen LogP contribution in [-0.2, 0) is 4.74 Å². The average molecular weight is 358 g/mol. The molecule has 134 valence electrons. The first kappa shape index (κ1) is 16.1. The fourth-order valence-corrected chi connectivity index (χ4v) is 3.87. The zero-order valence-electron chi connectivity index (χ0n) is 14.8. The second-order valence-corrected chi connectivity index (χ2v) is 6.80. The van der Waals surface area contributed by atoms with E-state index in [-0.39, 0.29) is 11.9 Å². The van der Waals surface area contributed by atoms with Gasteiger partial charge in [-0.2, -0.15) is 0 Å². The van der Waals surface area contributed by atoms with Gasteiger partial charge in [0.25, 0.3) is 0 Å². The van der Waals surface area contributed by atoms with E-state index in [1.54, 1.807) is 13.2 Å². The molecule has 5 rings (SSSR count). The van der Waals surface area contributed by atoms with Gasteiger partial charge in [-0.05, 0) is 35.4 Å². The predicted octanol–water partition coefficient (Wildman–Crippen LogP) is 4.52. The molecular formula is C23H18O4. The van der Waals surface area contributed by atoms with Crippen LogP contribution in [-0.4, -0.2) is 18.5 Å². The lowest BCUT2D eigenvalue weighted by atomic mass is 9.81. The monoisotopic (exact) mass is 358 g/mol. The standard InChI is InChI=1S/C23H18O4/c1-25-17-13-11-16(12-14-17)22-23(27-22)20(24)18-9-5-6-10-19(18)26-21(23)15-7-3-2-4-8-15/h2-14,21-22H,1H3/t21-,22?,23-/m0/s1. The third-order valence-electron chi connectivity index (χ3n) is 5.29. The second kappa shape index (κ2) is 5.96. The topological polar surface area (TPSA) is 48.1 Å². The summed E-state index contributed by atoms with van der Waals surface area (Å²) in [6, 6.07) is 24.8. The maximum Gasteiger partial charge on any atom is 0.205 e. The van der Waals surface area contributed by atoms with Crippen molar-refractivity contribution in [1.82, 2.24) is 0 Å². The van der Waals surface area contributed by atoms with E-state index in [4.69, 9.17) is 14.2 Å². The van der Waals surface area contributed by atoms with E-state index in [1.807, 2.05) is 72.8 Å². The lowest BCUT2D eigenvalue weighted by Gasteiger charge is -2.31. The maximum atomic E-state index is 13.5. The van der Waals surface area contributed by atoms with Crippen molar-refractivity contribution >= 4 is 5.78 Å². The number of methoxy groups -OCH3 is 1. The van der Waals surface area contributed by atoms with E-state index in [9.17, 15) is 4.79 Å². The van der Waals surface area contributed by atoms with Crippen molar-refractivity contribution in [3.63, 3.8) is 0 Å². The Morgan fingerprint density at radius 2 is 1.48 bits per heavy atom. The van der Waals surface area contributed by atoms with Crippen LogP contribution < -0.4 is 9.47 Å². The molecule has 3 aromatic rings. The van der Waals surface area contributed by atoms with E-state index in [0.29, 0.717) is 11.3 Å². The van der Waals surface area contributed by atoms with Crippen molar-refractivity contribution in [2.45, 2.75) is 17.8 Å². The van der Waals surface area contributed by atoms with Crippen LogP contribution in [0.2, 0.25) is 0 Å². The highest BCUT2D eigenvalue weighted by atomic mass is 16.6. The van der Waals surface area contributed by atoms with Crippen molar-refractivity contribution in [1.29, 1.82) is 0 Å². The fraction of sp³-hybridized carbons (Fsp3) is 0.174. The molecule has 2 aliphatic heterocycles. The summed E-state index contributed by atoms with van der Waals surface area (Å²) < 4.78 is 17.7. The molecule has 1 spiro atoms. The number of hydrogen-bond acceptors (Lipinski definition) is 4. The molecule has 27 heavy (non-hydrogen) atoms. The molecule has 2 aliphatic rings. The normalized spacial score (nSPS) is 25.6. The van der Waals surface area contributed by atoms with Gasteiger partial charge in [0.1, 0.15) is 17.6 Å². The number of para-hydroxylation sites is 1. The number of fused-ring (bicyclic) bond motifs is 1. The van der Waals surface area contributed by atoms with E-state index >= 15 is 0 Å². The summed E-state index contributed by atoms with van der Waals surface area (Å²) in [5, 5.41) is 0. The highest BCUT2D eigenvalue weighted by molar-refractivity contribution is 6.08. The van der Waals surface area contributed by atoms with Crippen molar-refractivity contribution < 1.29 is 19.0 Å². The molecule has 0 radical (unpaired) electrons. The summed E-state index contributed by atoms with van der Waals surface area (Å²) in [7, 11) is 1.63. The Morgan fingerprint density at radius 1 is 0.815 bits per heavy atom. The minimum Gasteiger partial charge on any atom is -0.497 e. The molecule has 3 atom stereocenters. The summed E-state index contributed by atoms with van der Waals surface area (Å²) in [5.74, 6) is 1.34. The van der Waals surface area contributed by atoms with Crippen molar-refractivity contribution in [3.8, 4) is 11.5 Å². The van der Waals surface area contributed by atoms with Gasteiger partial charge in [-0.3, -0.25) is 4.79 Å². The molecule has 4 heteroatoms. The summed E-state index contributed by atoms with van der Waals surface area (Å²) >= 11 is 0. The Bertz CT molecular complexity index is 996. The van der Waals surface area contributed by atoms with Gasteiger partial charge in [0.15, 0.2) is 6.10 Å². The molecule has 1 unspecified atom stereocenters. The number of hydrogen-bond donors (Lipinski definition) is 0. The van der Waals surface area contributed by atoms with Crippen LogP contribution >= 0.6 is 0 Å². The first-order valence-corrected chi connectivity index (χ1v) is 8.91. The average Bonchev–Trinajstić information content (AvgIpc) is 3.48. The van der Waals surface area contributed by atoms with Gasteiger partial charge < -0.3 is 14.2 Å². The highest BCUT2D eigenvalue weighted by Crippen LogP contribution is 2.61. The van der Waals surface area contributed by atoms with E-state index in [0.717, 1.165) is 16.9 Å². The minimum atomic E-state index is -1.04. The lowest BCUT2D eigenvalue weighted by Crippen LogP contribution is -2.40. The molecule has 0 bridgehead atoms. The third-order valence-corrected chi connectivity index (χ3v) is 5.29. The Kier molecular flexibility index (Phi) is 3.55. The van der Waals surface area contributed by atoms with Crippen LogP contribution in [0.1, 0.15) is 33.7 Å². The Labute approximate surface area is 157 Å². The minimum absolute atomic E-state index is 0.0287. The summed E-state index contributed by atoms with van der Waals surface area (Å²) in [6.45, 7) is 0. The maximum absolute atomic E-state index is 13.5. The Morgan fingerprint density at radius 3 is 2.22 bits per heavy atom. The third kappa shape index (κ3) is 2.37. The number of Topliss-reactive ketones (excluding diaryl/α,β-unsaturated/α-hetero) is 1. The summed E-state index contributed by atoms with van der Waals surface area (Å²) in [4.78, 5) is 13.5. The predicted molar refractivity (Wildman–Crippen MR) is 100 cm³/mol. The van der Waals surface area contributed by atoms with E-state index in [2.05, 4.69) is 0 Å². The van der Waals surface area contributed by atoms with Gasteiger partial charge >= 0.3 is 0 Å². The first-order chi connectivity index (χ1) is 13.2. The largest absolute Gasteiger partial charge is 0.497 e. The van der Waals surface area contributed by atoms with Gasteiger partial charge in [-0.1, -0.05) is 54.6 Å². The molecule has 0 N–H and O–H groups in total. The van der Waals surface area contributed by atoms with Crippen LogP contribution in [0.15, 0.2) is 78.9 Å². The number of benzene rings is 3. The van der Waals surface area contributed by atoms with E-state index in [1.165, 1.54) is 0 Å². The molecule has 3 aromatic carbocycles. The van der Waals surface area contributed by atoms with Crippen LogP contribution in [0.4, 0.5) is 0 Å². The molecule has 0 aliphatic carbocycles. The number of ether oxygens (including phenoxy) is 3. The summed E-state index contributed by atoms with van der Waals surface area (Å²) in [6.07, 6.45) is -0.845. The SMILES string of the molecule is COc1ccc(C2O[C@]23C(=O)c2ccccc2O[C@H]3c2ccccc2)cc1. The van der Waals surface area contributed by atoms with Crippen molar-refractivity contribution in [3.05, 3.63) is 95.6 Å². The van der Waals surface area contributed by atoms with Gasteiger partial charge in [-0.15, -0.1) is 0 Å². The molecule has 2 heterocycles. The fourth-order valence-electron chi connectivity index (χ4n) is 3.87. The quantitative estimate of drug-likeness (QED) is 0.646. The number of ketones is 1. The zero-order valence-corrected chi connectivity index (χ0v) is 14.8. The molecule has 0 aromatic heterocycles. The molecule has 4 nitrogen and oxygen atoms in total. The number of epoxide rings is 1. The van der Waals surface area contributed by atoms with Crippen LogP contribution in [0.5, 0.6) is 11.5 Å². The Hall–Kier alpha value is -3.11. The second-order valence-electron chi connectivity index (χ2n) is 6.80. The number of carbonyl (C=O) groups excluding carboxylic acids is 1. The smallest absolute Gasteiger partial charge is 0.205 e. The lowest BCUT2D eigenvalue weighted by molar-refractivity contribution is 0.0523. The molecule has 0 saturated carbocycles. The van der Waals surface area contributed by atoms with Crippen molar-refractivity contribution in [2.75, 3.05) is 7.11 Å². The van der Waals surface area contributed by atoms with Crippen LogP contribution in [0.25, 0.3) is 0 Å². The van der Waals surface area contributed by atoms with Gasteiger partial charge in [0.05, 0.1) is 12.7 Å². The molecular weight excluding hydrogens is 340 g/mol. The molecule has 0 amide bonds. The van der Waals surface area contributed by atoms with Gasteiger partial charge in [0, 0.05) is 0 Å². The van der Waals surface area contributed by atoms with E-state index < -0.39 is 11.7 Å². The molecule has 1 fully saturated rings. The zero-order chi connectivity index (χ0) is 18.4. The molecule has 1 saturated heterocycles.